The van der Waals surface area contributed by atoms with Gasteiger partial charge in [-0.3, -0.25) is 14.7 Å². The van der Waals surface area contributed by atoms with Gasteiger partial charge >= 0.3 is 0 Å². The minimum absolute atomic E-state index is 0.00357. The molecule has 1 fully saturated rings. The number of nitrogens with two attached hydrogens (primary N) is 1. The zero-order chi connectivity index (χ0) is 14.7. The van der Waals surface area contributed by atoms with Crippen molar-refractivity contribution in [3.05, 3.63) is 58.8 Å². The topological polar surface area (TPSA) is 64.2 Å². The van der Waals surface area contributed by atoms with Crippen molar-refractivity contribution in [2.45, 2.75) is 25.4 Å². The van der Waals surface area contributed by atoms with Crippen LogP contribution in [0.25, 0.3) is 0 Å². The van der Waals surface area contributed by atoms with Crippen LogP contribution in [0.15, 0.2) is 47.7 Å². The number of aromatic nitrogens is 2. The van der Waals surface area contributed by atoms with Crippen LogP contribution in [-0.2, 0) is 6.54 Å². The molecule has 1 saturated heterocycles. The molecule has 0 aliphatic carbocycles. The van der Waals surface area contributed by atoms with E-state index in [9.17, 15) is 4.79 Å². The van der Waals surface area contributed by atoms with Gasteiger partial charge in [-0.2, -0.15) is 0 Å². The summed E-state index contributed by atoms with van der Waals surface area (Å²) in [5.74, 6) is 0. The van der Waals surface area contributed by atoms with Crippen LogP contribution in [0.3, 0.4) is 0 Å². The van der Waals surface area contributed by atoms with Crippen molar-refractivity contribution in [1.82, 2.24) is 14.5 Å². The molecular formula is C16H20N4O. The average molecular weight is 284 g/mol. The number of nitrogen functional groups attached to an aromatic ring is 1. The largest absolute Gasteiger partial charge is 0.398 e. The highest BCUT2D eigenvalue weighted by Crippen LogP contribution is 2.31. The summed E-state index contributed by atoms with van der Waals surface area (Å²) in [6.45, 7) is 2.60. The van der Waals surface area contributed by atoms with Crippen LogP contribution >= 0.6 is 0 Å². The van der Waals surface area contributed by atoms with Gasteiger partial charge in [0.1, 0.15) is 0 Å². The Morgan fingerprint density at radius 3 is 2.81 bits per heavy atom. The van der Waals surface area contributed by atoms with E-state index in [-0.39, 0.29) is 5.56 Å². The molecule has 0 amide bonds. The van der Waals surface area contributed by atoms with Crippen LogP contribution in [0.5, 0.6) is 0 Å². The van der Waals surface area contributed by atoms with Gasteiger partial charge in [-0.1, -0.05) is 0 Å². The highest BCUT2D eigenvalue weighted by molar-refractivity contribution is 5.33. The third kappa shape index (κ3) is 3.13. The van der Waals surface area contributed by atoms with Gasteiger partial charge in [-0.05, 0) is 43.1 Å². The van der Waals surface area contributed by atoms with Gasteiger partial charge in [0.15, 0.2) is 0 Å². The average Bonchev–Trinajstić information content (AvgIpc) is 2.97. The Labute approximate surface area is 124 Å². The molecule has 0 aromatic carbocycles. The summed E-state index contributed by atoms with van der Waals surface area (Å²) >= 11 is 0. The molecule has 3 heterocycles. The fourth-order valence-corrected chi connectivity index (χ4v) is 3.02. The highest BCUT2D eigenvalue weighted by atomic mass is 16.1. The van der Waals surface area contributed by atoms with E-state index < -0.39 is 0 Å². The van der Waals surface area contributed by atoms with Crippen LogP contribution in [-0.4, -0.2) is 27.5 Å². The van der Waals surface area contributed by atoms with Crippen LogP contribution in [0.1, 0.15) is 24.4 Å². The van der Waals surface area contributed by atoms with E-state index in [4.69, 9.17) is 5.73 Å². The normalized spacial score (nSPS) is 19.0. The number of likely N-dealkylation sites (tertiary alicyclic amines) is 1. The molecule has 0 radical (unpaired) electrons. The highest BCUT2D eigenvalue weighted by Gasteiger charge is 2.25. The second-order valence-electron chi connectivity index (χ2n) is 5.47. The molecular weight excluding hydrogens is 264 g/mol. The Hall–Kier alpha value is -2.14. The van der Waals surface area contributed by atoms with Gasteiger partial charge in [-0.25, -0.2) is 0 Å². The molecule has 0 saturated carbocycles. The Morgan fingerprint density at radius 1 is 1.19 bits per heavy atom. The molecule has 1 atom stereocenters. The summed E-state index contributed by atoms with van der Waals surface area (Å²) in [5, 5.41) is 0. The molecule has 5 heteroatoms. The van der Waals surface area contributed by atoms with Crippen molar-refractivity contribution >= 4 is 5.69 Å². The molecule has 0 spiro atoms. The number of hydrogen-bond acceptors (Lipinski definition) is 4. The fraction of sp³-hybridized carbons (Fsp3) is 0.375. The first-order valence-electron chi connectivity index (χ1n) is 7.34. The van der Waals surface area contributed by atoms with E-state index in [1.165, 1.54) is 18.1 Å². The van der Waals surface area contributed by atoms with E-state index in [1.54, 1.807) is 16.8 Å². The quantitative estimate of drug-likeness (QED) is 0.927. The van der Waals surface area contributed by atoms with Crippen LogP contribution < -0.4 is 11.3 Å². The van der Waals surface area contributed by atoms with Gasteiger partial charge in [0.2, 0.25) is 0 Å². The van der Waals surface area contributed by atoms with Crippen LogP contribution in [0.4, 0.5) is 5.69 Å². The predicted octanol–water partition coefficient (Wildman–Crippen LogP) is 1.66. The summed E-state index contributed by atoms with van der Waals surface area (Å²) < 4.78 is 1.69. The third-order valence-electron chi connectivity index (χ3n) is 4.09. The number of pyridine rings is 2. The molecule has 3 rings (SSSR count). The SMILES string of the molecule is Nc1ccc(=O)n(CCN2CCCC2c2ccncc2)c1. The molecule has 21 heavy (non-hydrogen) atoms. The maximum atomic E-state index is 11.8. The van der Waals surface area contributed by atoms with E-state index in [0.717, 1.165) is 19.5 Å². The van der Waals surface area contributed by atoms with Crippen LogP contribution in [0, 0.1) is 0 Å². The Bertz CT molecular complexity index is 653. The molecule has 1 aliphatic heterocycles. The zero-order valence-electron chi connectivity index (χ0n) is 12.0. The lowest BCUT2D eigenvalue weighted by atomic mass is 10.1. The molecule has 5 nitrogen and oxygen atoms in total. The second kappa shape index (κ2) is 6.10. The lowest BCUT2D eigenvalue weighted by Crippen LogP contribution is -2.30. The van der Waals surface area contributed by atoms with Gasteiger partial charge in [0, 0.05) is 49.5 Å². The molecule has 1 aliphatic rings. The minimum Gasteiger partial charge on any atom is -0.398 e. The Morgan fingerprint density at radius 2 is 2.00 bits per heavy atom. The maximum absolute atomic E-state index is 11.8. The van der Waals surface area contributed by atoms with E-state index >= 15 is 0 Å². The smallest absolute Gasteiger partial charge is 0.250 e. The second-order valence-corrected chi connectivity index (χ2v) is 5.47. The monoisotopic (exact) mass is 284 g/mol. The number of nitrogens with zero attached hydrogens (tertiary/aromatic N) is 3. The standard InChI is InChI=1S/C16H20N4O/c17-14-3-4-16(21)20(12-14)11-10-19-9-1-2-15(19)13-5-7-18-8-6-13/h3-8,12,15H,1-2,9-11,17H2. The first-order chi connectivity index (χ1) is 10.2. The van der Waals surface area contributed by atoms with E-state index in [1.807, 2.05) is 12.4 Å². The Kier molecular flexibility index (Phi) is 4.01. The lowest BCUT2D eigenvalue weighted by molar-refractivity contribution is 0.245. The molecule has 2 N–H and O–H groups in total. The van der Waals surface area contributed by atoms with Crippen molar-refractivity contribution in [3.8, 4) is 0 Å². The van der Waals surface area contributed by atoms with Crippen molar-refractivity contribution in [1.29, 1.82) is 0 Å². The number of rotatable bonds is 4. The minimum atomic E-state index is 0.00357. The number of anilines is 1. The first kappa shape index (κ1) is 13.8. The summed E-state index contributed by atoms with van der Waals surface area (Å²) in [6.07, 6.45) is 7.76. The summed E-state index contributed by atoms with van der Waals surface area (Å²) in [7, 11) is 0. The van der Waals surface area contributed by atoms with Gasteiger partial charge < -0.3 is 10.3 Å². The molecule has 110 valence electrons. The predicted molar refractivity (Wildman–Crippen MR) is 82.9 cm³/mol. The van der Waals surface area contributed by atoms with Gasteiger partial charge in [0.05, 0.1) is 0 Å². The molecule has 0 bridgehead atoms. The lowest BCUT2D eigenvalue weighted by Gasteiger charge is -2.25. The Balaban J connectivity index is 1.70. The van der Waals surface area contributed by atoms with Crippen molar-refractivity contribution < 1.29 is 0 Å². The van der Waals surface area contributed by atoms with Crippen molar-refractivity contribution in [2.75, 3.05) is 18.8 Å². The number of hydrogen-bond donors (Lipinski definition) is 1. The van der Waals surface area contributed by atoms with Gasteiger partial charge in [-0.15, -0.1) is 0 Å². The van der Waals surface area contributed by atoms with E-state index in [0.29, 0.717) is 18.3 Å². The zero-order valence-corrected chi connectivity index (χ0v) is 12.0. The van der Waals surface area contributed by atoms with E-state index in [2.05, 4.69) is 22.0 Å². The van der Waals surface area contributed by atoms with Gasteiger partial charge in [0.25, 0.3) is 5.56 Å². The summed E-state index contributed by atoms with van der Waals surface area (Å²) in [6, 6.07) is 7.77. The van der Waals surface area contributed by atoms with Crippen molar-refractivity contribution in [3.63, 3.8) is 0 Å². The van der Waals surface area contributed by atoms with Crippen molar-refractivity contribution in [2.24, 2.45) is 0 Å². The molecule has 2 aromatic rings. The first-order valence-corrected chi connectivity index (χ1v) is 7.34. The maximum Gasteiger partial charge on any atom is 0.250 e. The summed E-state index contributed by atoms with van der Waals surface area (Å²) in [4.78, 5) is 18.3. The molecule has 1 unspecified atom stereocenters. The van der Waals surface area contributed by atoms with Crippen LogP contribution in [0.2, 0.25) is 0 Å². The summed E-state index contributed by atoms with van der Waals surface area (Å²) in [5.41, 5.74) is 7.69. The molecule has 2 aromatic heterocycles. The fourth-order valence-electron chi connectivity index (χ4n) is 3.02. The third-order valence-corrected chi connectivity index (χ3v) is 4.09.